The van der Waals surface area contributed by atoms with Crippen LogP contribution in [0.15, 0.2) is 18.2 Å². The predicted octanol–water partition coefficient (Wildman–Crippen LogP) is 3.70. The van der Waals surface area contributed by atoms with E-state index in [1.54, 1.807) is 17.0 Å². The minimum absolute atomic E-state index is 0.0401. The molecular weight excluding hydrogens is 327 g/mol. The summed E-state index contributed by atoms with van der Waals surface area (Å²) < 4.78 is 0. The fourth-order valence-corrected chi connectivity index (χ4v) is 2.35. The fraction of sp³-hybridized carbons (Fsp3) is 0.467. The molecule has 0 aromatic heterocycles. The molecule has 0 bridgehead atoms. The van der Waals surface area contributed by atoms with Crippen molar-refractivity contribution in [2.75, 3.05) is 13.1 Å². The minimum Gasteiger partial charge on any atom is -0.393 e. The molecule has 6 heteroatoms. The van der Waals surface area contributed by atoms with Gasteiger partial charge in [0.05, 0.1) is 21.5 Å². The molecule has 1 aromatic rings. The van der Waals surface area contributed by atoms with Gasteiger partial charge in [-0.05, 0) is 23.6 Å². The van der Waals surface area contributed by atoms with Crippen LogP contribution in [-0.2, 0) is 11.2 Å². The van der Waals surface area contributed by atoms with Crippen molar-refractivity contribution in [1.29, 1.82) is 0 Å². The van der Waals surface area contributed by atoms with E-state index in [2.05, 4.69) is 13.8 Å². The number of carbonyl (C=O) groups is 1. The first-order chi connectivity index (χ1) is 9.79. The highest BCUT2D eigenvalue weighted by atomic mass is 35.5. The molecule has 0 atom stereocenters. The molecule has 0 aliphatic heterocycles. The van der Waals surface area contributed by atoms with Gasteiger partial charge in [0.15, 0.2) is 0 Å². The molecule has 0 saturated heterocycles. The maximum atomic E-state index is 12.4. The van der Waals surface area contributed by atoms with E-state index in [1.807, 2.05) is 6.07 Å². The van der Waals surface area contributed by atoms with Crippen LogP contribution in [0.5, 0.6) is 0 Å². The number of nitrogens with two attached hydrogens (primary N) is 1. The number of halogens is 2. The molecule has 0 aliphatic rings. The fourth-order valence-electron chi connectivity index (χ4n) is 1.94. The van der Waals surface area contributed by atoms with Gasteiger partial charge in [0.25, 0.3) is 0 Å². The van der Waals surface area contributed by atoms with Crippen molar-refractivity contribution in [2.45, 2.75) is 26.7 Å². The zero-order valence-electron chi connectivity index (χ0n) is 12.2. The third kappa shape index (κ3) is 6.64. The Morgan fingerprint density at radius 2 is 2.00 bits per heavy atom. The van der Waals surface area contributed by atoms with E-state index in [0.29, 0.717) is 46.9 Å². The minimum atomic E-state index is 0.0401. The Morgan fingerprint density at radius 1 is 1.33 bits per heavy atom. The largest absolute Gasteiger partial charge is 0.393 e. The Balaban J connectivity index is 2.74. The Labute approximate surface area is 141 Å². The molecule has 0 fully saturated rings. The molecule has 0 heterocycles. The summed E-state index contributed by atoms with van der Waals surface area (Å²) in [7, 11) is 0. The highest BCUT2D eigenvalue weighted by Crippen LogP contribution is 2.23. The smallest absolute Gasteiger partial charge is 0.227 e. The topological polar surface area (TPSA) is 46.3 Å². The summed E-state index contributed by atoms with van der Waals surface area (Å²) in [6.45, 7) is 5.37. The number of benzene rings is 1. The predicted molar refractivity (Wildman–Crippen MR) is 93.0 cm³/mol. The Hall–Kier alpha value is -0.840. The van der Waals surface area contributed by atoms with Crippen LogP contribution in [-0.4, -0.2) is 28.9 Å². The molecule has 0 saturated carbocycles. The summed E-state index contributed by atoms with van der Waals surface area (Å²) in [6, 6.07) is 5.24. The lowest BCUT2D eigenvalue weighted by Crippen LogP contribution is -2.37. The van der Waals surface area contributed by atoms with E-state index in [-0.39, 0.29) is 5.91 Å². The van der Waals surface area contributed by atoms with Gasteiger partial charge in [0.1, 0.15) is 0 Å². The van der Waals surface area contributed by atoms with Crippen LogP contribution in [0.4, 0.5) is 0 Å². The monoisotopic (exact) mass is 346 g/mol. The lowest BCUT2D eigenvalue weighted by atomic mass is 10.1. The van der Waals surface area contributed by atoms with Gasteiger partial charge < -0.3 is 10.6 Å². The first-order valence-electron chi connectivity index (χ1n) is 6.79. The standard InChI is InChI=1S/C15H20Cl2N2OS/c1-10(2)9-19(6-5-14(18)21)15(20)8-11-3-4-12(16)13(17)7-11/h3-4,7,10H,5-6,8-9H2,1-2H3,(H2,18,21). The lowest BCUT2D eigenvalue weighted by molar-refractivity contribution is -0.130. The van der Waals surface area contributed by atoms with Crippen LogP contribution in [0.1, 0.15) is 25.8 Å². The average Bonchev–Trinajstić information content (AvgIpc) is 2.38. The third-order valence-electron chi connectivity index (χ3n) is 2.91. The van der Waals surface area contributed by atoms with Crippen molar-refractivity contribution < 1.29 is 4.79 Å². The summed E-state index contributed by atoms with van der Waals surface area (Å²) in [5.74, 6) is 0.424. The molecule has 116 valence electrons. The Bertz CT molecular complexity index is 520. The Morgan fingerprint density at radius 3 is 2.52 bits per heavy atom. The molecule has 3 nitrogen and oxygen atoms in total. The van der Waals surface area contributed by atoms with Gasteiger partial charge in [0.2, 0.25) is 5.91 Å². The van der Waals surface area contributed by atoms with Crippen LogP contribution in [0.2, 0.25) is 10.0 Å². The van der Waals surface area contributed by atoms with E-state index in [4.69, 9.17) is 41.2 Å². The summed E-state index contributed by atoms with van der Waals surface area (Å²) in [5, 5.41) is 0.945. The SMILES string of the molecule is CC(C)CN(CCC(N)=S)C(=O)Cc1ccc(Cl)c(Cl)c1. The van der Waals surface area contributed by atoms with Crippen molar-refractivity contribution in [3.8, 4) is 0 Å². The van der Waals surface area contributed by atoms with E-state index in [9.17, 15) is 4.79 Å². The summed E-state index contributed by atoms with van der Waals surface area (Å²) in [6.07, 6.45) is 0.829. The zero-order chi connectivity index (χ0) is 16.0. The lowest BCUT2D eigenvalue weighted by Gasteiger charge is -2.24. The molecule has 0 spiro atoms. The normalized spacial score (nSPS) is 10.7. The zero-order valence-corrected chi connectivity index (χ0v) is 14.6. The second-order valence-electron chi connectivity index (χ2n) is 5.38. The molecular formula is C15H20Cl2N2OS. The van der Waals surface area contributed by atoms with Crippen molar-refractivity contribution in [3.63, 3.8) is 0 Å². The highest BCUT2D eigenvalue weighted by Gasteiger charge is 2.16. The van der Waals surface area contributed by atoms with Crippen LogP contribution >= 0.6 is 35.4 Å². The summed E-state index contributed by atoms with van der Waals surface area (Å²) in [4.78, 5) is 14.6. The van der Waals surface area contributed by atoms with Gasteiger partial charge in [0, 0.05) is 19.5 Å². The quantitative estimate of drug-likeness (QED) is 0.765. The Kier molecular flexibility index (Phi) is 7.43. The van der Waals surface area contributed by atoms with Crippen molar-refractivity contribution in [2.24, 2.45) is 11.7 Å². The second kappa shape index (κ2) is 8.57. The second-order valence-corrected chi connectivity index (χ2v) is 6.71. The van der Waals surface area contributed by atoms with Crippen LogP contribution in [0.25, 0.3) is 0 Å². The highest BCUT2D eigenvalue weighted by molar-refractivity contribution is 7.80. The number of thiocarbonyl (C=S) groups is 1. The number of hydrogen-bond donors (Lipinski definition) is 1. The number of carbonyl (C=O) groups excluding carboxylic acids is 1. The third-order valence-corrected chi connectivity index (χ3v) is 3.85. The van der Waals surface area contributed by atoms with E-state index in [1.165, 1.54) is 0 Å². The van der Waals surface area contributed by atoms with E-state index in [0.717, 1.165) is 5.56 Å². The van der Waals surface area contributed by atoms with E-state index < -0.39 is 0 Å². The maximum absolute atomic E-state index is 12.4. The molecule has 2 N–H and O–H groups in total. The van der Waals surface area contributed by atoms with Gasteiger partial charge in [-0.15, -0.1) is 0 Å². The van der Waals surface area contributed by atoms with Crippen LogP contribution in [0.3, 0.4) is 0 Å². The van der Waals surface area contributed by atoms with Crippen molar-refractivity contribution >= 4 is 46.3 Å². The number of amides is 1. The molecule has 0 aliphatic carbocycles. The van der Waals surface area contributed by atoms with Gasteiger partial charge in [-0.2, -0.15) is 0 Å². The van der Waals surface area contributed by atoms with Gasteiger partial charge in [-0.3, -0.25) is 4.79 Å². The molecule has 0 radical (unpaired) electrons. The van der Waals surface area contributed by atoms with Crippen molar-refractivity contribution in [3.05, 3.63) is 33.8 Å². The van der Waals surface area contributed by atoms with E-state index >= 15 is 0 Å². The van der Waals surface area contributed by atoms with Crippen LogP contribution < -0.4 is 5.73 Å². The van der Waals surface area contributed by atoms with Gasteiger partial charge in [-0.1, -0.05) is 55.3 Å². The van der Waals surface area contributed by atoms with Crippen molar-refractivity contribution in [1.82, 2.24) is 4.90 Å². The molecule has 21 heavy (non-hydrogen) atoms. The molecule has 1 rings (SSSR count). The van der Waals surface area contributed by atoms with Crippen LogP contribution in [0, 0.1) is 5.92 Å². The average molecular weight is 347 g/mol. The molecule has 1 aromatic carbocycles. The van der Waals surface area contributed by atoms with Gasteiger partial charge >= 0.3 is 0 Å². The molecule has 0 unspecified atom stereocenters. The number of nitrogens with zero attached hydrogens (tertiary/aromatic N) is 1. The molecule has 1 amide bonds. The maximum Gasteiger partial charge on any atom is 0.227 e. The summed E-state index contributed by atoms with van der Waals surface area (Å²) >= 11 is 16.7. The number of rotatable bonds is 7. The first kappa shape index (κ1) is 18.2. The summed E-state index contributed by atoms with van der Waals surface area (Å²) in [5.41, 5.74) is 6.37. The van der Waals surface area contributed by atoms with Gasteiger partial charge in [-0.25, -0.2) is 0 Å². The number of hydrogen-bond acceptors (Lipinski definition) is 2. The first-order valence-corrected chi connectivity index (χ1v) is 7.96.